The molecule has 0 atom stereocenters. The molecule has 0 radical (unpaired) electrons. The fourth-order valence-corrected chi connectivity index (χ4v) is 3.97. The fourth-order valence-electron chi connectivity index (χ4n) is 3.25. The van der Waals surface area contributed by atoms with Gasteiger partial charge in [-0.2, -0.15) is 5.10 Å². The first-order chi connectivity index (χ1) is 16.2. The van der Waals surface area contributed by atoms with Crippen LogP contribution in [0.25, 0.3) is 27.6 Å². The predicted octanol–water partition coefficient (Wildman–Crippen LogP) is 4.71. The van der Waals surface area contributed by atoms with Gasteiger partial charge in [0.25, 0.3) is 5.91 Å². The Morgan fingerprint density at radius 1 is 0.970 bits per heavy atom. The summed E-state index contributed by atoms with van der Waals surface area (Å²) >= 11 is 1.25. The molecule has 162 valence electrons. The first-order valence-electron chi connectivity index (χ1n) is 10.1. The van der Waals surface area contributed by atoms with Crippen molar-refractivity contribution in [2.24, 2.45) is 0 Å². The molecule has 2 aromatic carbocycles. The van der Waals surface area contributed by atoms with E-state index in [1.54, 1.807) is 24.1 Å². The number of carbonyl (C=O) groups excluding carboxylic acids is 1. The van der Waals surface area contributed by atoms with Gasteiger partial charge in [-0.25, -0.2) is 4.68 Å². The van der Waals surface area contributed by atoms with Crippen LogP contribution in [0, 0.1) is 0 Å². The minimum Gasteiger partial charge on any atom is -0.497 e. The Kier molecular flexibility index (Phi) is 5.61. The Hall–Kier alpha value is -4.37. The minimum atomic E-state index is -0.372. The average molecular weight is 455 g/mol. The minimum absolute atomic E-state index is 0.263. The maximum atomic E-state index is 13.0. The lowest BCUT2D eigenvalue weighted by atomic mass is 10.1. The van der Waals surface area contributed by atoms with E-state index in [1.165, 1.54) is 11.3 Å². The number of pyridine rings is 1. The highest BCUT2D eigenvalue weighted by Crippen LogP contribution is 2.28. The van der Waals surface area contributed by atoms with E-state index in [9.17, 15) is 4.79 Å². The zero-order valence-electron chi connectivity index (χ0n) is 17.5. The van der Waals surface area contributed by atoms with Crippen LogP contribution in [-0.2, 0) is 0 Å². The third kappa shape index (κ3) is 4.35. The Morgan fingerprint density at radius 3 is 2.48 bits per heavy atom. The zero-order chi connectivity index (χ0) is 22.6. The molecule has 0 bridgehead atoms. The number of anilines is 1. The number of hydrogen-bond donors (Lipinski definition) is 1. The molecule has 0 fully saturated rings. The summed E-state index contributed by atoms with van der Waals surface area (Å²) in [5, 5.41) is 16.6. The predicted molar refractivity (Wildman–Crippen MR) is 127 cm³/mol. The van der Waals surface area contributed by atoms with Crippen molar-refractivity contribution in [3.8, 4) is 33.4 Å². The maximum absolute atomic E-state index is 13.0. The molecule has 0 unspecified atom stereocenters. The Labute approximate surface area is 193 Å². The van der Waals surface area contributed by atoms with Crippen LogP contribution in [0.3, 0.4) is 0 Å². The van der Waals surface area contributed by atoms with Gasteiger partial charge >= 0.3 is 0 Å². The summed E-state index contributed by atoms with van der Waals surface area (Å²) in [4.78, 5) is 17.3. The second-order valence-electron chi connectivity index (χ2n) is 6.97. The number of aromatic nitrogens is 5. The van der Waals surface area contributed by atoms with Crippen LogP contribution in [0.1, 0.15) is 10.5 Å². The molecule has 3 aromatic heterocycles. The summed E-state index contributed by atoms with van der Waals surface area (Å²) in [6, 6.07) is 24.6. The van der Waals surface area contributed by atoms with E-state index < -0.39 is 0 Å². The van der Waals surface area contributed by atoms with Crippen molar-refractivity contribution in [1.82, 2.24) is 25.0 Å². The lowest BCUT2D eigenvalue weighted by Gasteiger charge is -2.08. The van der Waals surface area contributed by atoms with E-state index in [-0.39, 0.29) is 11.6 Å². The molecule has 0 aliphatic carbocycles. The standard InChI is InChI=1S/C24H18N6O2S/c1-32-18-12-10-16(11-13-18)21-15-20(29-30(21)17-7-3-2-4-8-17)22(31)26-24-28-27-23(33-24)19-9-5-6-14-25-19/h2-15H,1H3,(H,26,28,31). The normalized spacial score (nSPS) is 10.7. The molecule has 33 heavy (non-hydrogen) atoms. The van der Waals surface area contributed by atoms with Gasteiger partial charge in [-0.1, -0.05) is 35.6 Å². The van der Waals surface area contributed by atoms with Crippen LogP contribution >= 0.6 is 11.3 Å². The van der Waals surface area contributed by atoms with Crippen molar-refractivity contribution in [2.45, 2.75) is 0 Å². The lowest BCUT2D eigenvalue weighted by Crippen LogP contribution is -2.13. The molecule has 0 aliphatic heterocycles. The van der Waals surface area contributed by atoms with Gasteiger partial charge in [-0.15, -0.1) is 10.2 Å². The molecule has 0 saturated heterocycles. The second-order valence-corrected chi connectivity index (χ2v) is 7.95. The number of rotatable bonds is 6. The molecule has 0 aliphatic rings. The van der Waals surface area contributed by atoms with Gasteiger partial charge < -0.3 is 4.74 Å². The third-order valence-corrected chi connectivity index (χ3v) is 5.72. The van der Waals surface area contributed by atoms with Crippen LogP contribution in [0.5, 0.6) is 5.75 Å². The smallest absolute Gasteiger partial charge is 0.278 e. The summed E-state index contributed by atoms with van der Waals surface area (Å²) in [6.07, 6.45) is 1.69. The van der Waals surface area contributed by atoms with Crippen molar-refractivity contribution in [3.63, 3.8) is 0 Å². The molecule has 0 saturated carbocycles. The zero-order valence-corrected chi connectivity index (χ0v) is 18.4. The Balaban J connectivity index is 1.46. The van der Waals surface area contributed by atoms with Gasteiger partial charge in [0.05, 0.1) is 18.5 Å². The van der Waals surface area contributed by atoms with Crippen molar-refractivity contribution in [2.75, 3.05) is 12.4 Å². The molecule has 1 amide bonds. The second kappa shape index (κ2) is 9.01. The van der Waals surface area contributed by atoms with E-state index in [4.69, 9.17) is 4.74 Å². The van der Waals surface area contributed by atoms with Gasteiger partial charge in [0.15, 0.2) is 10.7 Å². The molecule has 5 aromatic rings. The summed E-state index contributed by atoms with van der Waals surface area (Å²) < 4.78 is 7.01. The summed E-state index contributed by atoms with van der Waals surface area (Å²) in [5.74, 6) is 0.380. The fraction of sp³-hybridized carbons (Fsp3) is 0.0417. The largest absolute Gasteiger partial charge is 0.497 e. The highest BCUT2D eigenvalue weighted by Gasteiger charge is 2.19. The summed E-state index contributed by atoms with van der Waals surface area (Å²) in [7, 11) is 1.62. The molecule has 0 spiro atoms. The van der Waals surface area contributed by atoms with E-state index in [1.807, 2.05) is 72.8 Å². The highest BCUT2D eigenvalue weighted by atomic mass is 32.1. The number of carbonyl (C=O) groups is 1. The van der Waals surface area contributed by atoms with Crippen LogP contribution in [-0.4, -0.2) is 38.0 Å². The Morgan fingerprint density at radius 2 is 1.76 bits per heavy atom. The average Bonchev–Trinajstić information content (AvgIpc) is 3.53. The molecule has 5 rings (SSSR count). The number of amides is 1. The van der Waals surface area contributed by atoms with E-state index in [2.05, 4.69) is 25.6 Å². The number of nitrogens with one attached hydrogen (secondary N) is 1. The van der Waals surface area contributed by atoms with E-state index in [0.29, 0.717) is 15.8 Å². The Bertz CT molecular complexity index is 1380. The van der Waals surface area contributed by atoms with Crippen LogP contribution in [0.4, 0.5) is 5.13 Å². The number of para-hydroxylation sites is 1. The van der Waals surface area contributed by atoms with Gasteiger partial charge in [0.2, 0.25) is 5.13 Å². The lowest BCUT2D eigenvalue weighted by molar-refractivity contribution is 0.102. The molecule has 8 nitrogen and oxygen atoms in total. The van der Waals surface area contributed by atoms with Crippen molar-refractivity contribution < 1.29 is 9.53 Å². The summed E-state index contributed by atoms with van der Waals surface area (Å²) in [6.45, 7) is 0. The number of benzene rings is 2. The van der Waals surface area contributed by atoms with Gasteiger partial charge in [0.1, 0.15) is 11.4 Å². The van der Waals surface area contributed by atoms with E-state index >= 15 is 0 Å². The number of nitrogens with zero attached hydrogens (tertiary/aromatic N) is 5. The van der Waals surface area contributed by atoms with Crippen LogP contribution in [0.15, 0.2) is 85.1 Å². The molecule has 1 N–H and O–H groups in total. The van der Waals surface area contributed by atoms with Crippen LogP contribution in [0.2, 0.25) is 0 Å². The molecule has 9 heteroatoms. The van der Waals surface area contributed by atoms with Crippen molar-refractivity contribution in [3.05, 3.63) is 90.8 Å². The van der Waals surface area contributed by atoms with Crippen molar-refractivity contribution >= 4 is 22.4 Å². The summed E-state index contributed by atoms with van der Waals surface area (Å²) in [5.41, 5.74) is 3.49. The van der Waals surface area contributed by atoms with Gasteiger partial charge in [-0.3, -0.25) is 15.1 Å². The van der Waals surface area contributed by atoms with E-state index in [0.717, 1.165) is 22.7 Å². The molecular formula is C24H18N6O2S. The van der Waals surface area contributed by atoms with Crippen molar-refractivity contribution in [1.29, 1.82) is 0 Å². The quantitative estimate of drug-likeness (QED) is 0.399. The number of hydrogen-bond acceptors (Lipinski definition) is 7. The first-order valence-corrected chi connectivity index (χ1v) is 10.9. The van der Waals surface area contributed by atoms with Crippen LogP contribution < -0.4 is 10.1 Å². The molecule has 3 heterocycles. The monoisotopic (exact) mass is 454 g/mol. The molecular weight excluding hydrogens is 436 g/mol. The topological polar surface area (TPSA) is 94.8 Å². The third-order valence-electron chi connectivity index (χ3n) is 4.86. The van der Waals surface area contributed by atoms with Gasteiger partial charge in [0, 0.05) is 11.8 Å². The van der Waals surface area contributed by atoms with Gasteiger partial charge in [-0.05, 0) is 54.6 Å². The maximum Gasteiger partial charge on any atom is 0.278 e. The number of ether oxygens (including phenoxy) is 1. The number of methoxy groups -OCH3 is 1. The first kappa shape index (κ1) is 20.5. The SMILES string of the molecule is COc1ccc(-c2cc(C(=O)Nc3nnc(-c4ccccn4)s3)nn2-c2ccccc2)cc1. The highest BCUT2D eigenvalue weighted by molar-refractivity contribution is 7.18.